The van der Waals surface area contributed by atoms with E-state index in [1.54, 1.807) is 11.3 Å². The lowest BCUT2D eigenvalue weighted by atomic mass is 10.2. The van der Waals surface area contributed by atoms with Crippen molar-refractivity contribution in [2.45, 2.75) is 25.9 Å². The maximum absolute atomic E-state index is 11.2. The number of halogens is 2. The van der Waals surface area contributed by atoms with Crippen LogP contribution in [0.3, 0.4) is 0 Å². The third-order valence-corrected chi connectivity index (χ3v) is 3.17. The van der Waals surface area contributed by atoms with Crippen LogP contribution in [-0.4, -0.2) is 11.9 Å². The van der Waals surface area contributed by atoms with E-state index in [0.29, 0.717) is 13.0 Å². The highest BCUT2D eigenvalue weighted by Crippen LogP contribution is 2.20. The van der Waals surface area contributed by atoms with Crippen LogP contribution in [0.15, 0.2) is 15.2 Å². The Balaban J connectivity index is 0.00000196. The van der Waals surface area contributed by atoms with Crippen LogP contribution in [-0.2, 0) is 11.3 Å². The van der Waals surface area contributed by atoms with Crippen LogP contribution in [0.1, 0.15) is 18.9 Å². The van der Waals surface area contributed by atoms with Gasteiger partial charge in [0, 0.05) is 19.0 Å². The fourth-order valence-corrected chi connectivity index (χ4v) is 2.21. The lowest BCUT2D eigenvalue weighted by molar-refractivity contribution is -0.121. The molecule has 1 rings (SSSR count). The van der Waals surface area contributed by atoms with Gasteiger partial charge in [-0.3, -0.25) is 4.79 Å². The first-order valence-corrected chi connectivity index (χ1v) is 6.00. The molecule has 0 saturated heterocycles. The van der Waals surface area contributed by atoms with Crippen LogP contribution < -0.4 is 11.1 Å². The van der Waals surface area contributed by atoms with Crippen LogP contribution in [0.4, 0.5) is 0 Å². The van der Waals surface area contributed by atoms with Gasteiger partial charge < -0.3 is 11.1 Å². The Labute approximate surface area is 108 Å². The van der Waals surface area contributed by atoms with Gasteiger partial charge in [0.2, 0.25) is 5.91 Å². The molecule has 15 heavy (non-hydrogen) atoms. The summed E-state index contributed by atoms with van der Waals surface area (Å²) >= 11 is 4.98. The van der Waals surface area contributed by atoms with Gasteiger partial charge in [-0.15, -0.1) is 23.7 Å². The summed E-state index contributed by atoms with van der Waals surface area (Å²) in [6.07, 6.45) is 0.380. The molecule has 0 spiro atoms. The Bertz CT molecular complexity index is 317. The van der Waals surface area contributed by atoms with Crippen molar-refractivity contribution in [1.82, 2.24) is 5.32 Å². The molecular formula is C9H14BrClN2OS. The fourth-order valence-electron chi connectivity index (χ4n) is 1.00. The number of nitrogens with one attached hydrogen (secondary N) is 1. The molecule has 0 aromatic carbocycles. The molecule has 3 N–H and O–H groups in total. The second kappa shape index (κ2) is 7.22. The fraction of sp³-hybridized carbons (Fsp3) is 0.444. The molecular weight excluding hydrogens is 300 g/mol. The zero-order valence-corrected chi connectivity index (χ0v) is 11.5. The van der Waals surface area contributed by atoms with E-state index in [0.717, 1.165) is 9.35 Å². The summed E-state index contributed by atoms with van der Waals surface area (Å²) < 4.78 is 1.08. The van der Waals surface area contributed by atoms with Crippen LogP contribution in [0.5, 0.6) is 0 Å². The molecule has 0 aliphatic rings. The summed E-state index contributed by atoms with van der Waals surface area (Å²) in [6.45, 7) is 2.40. The smallest absolute Gasteiger partial charge is 0.221 e. The van der Waals surface area contributed by atoms with E-state index in [4.69, 9.17) is 5.73 Å². The zero-order chi connectivity index (χ0) is 10.6. The highest BCUT2D eigenvalue weighted by Gasteiger charge is 2.04. The van der Waals surface area contributed by atoms with E-state index in [1.807, 2.05) is 18.4 Å². The quantitative estimate of drug-likeness (QED) is 0.896. The number of carbonyl (C=O) groups excluding carboxylic acids is 1. The number of hydrogen-bond acceptors (Lipinski definition) is 3. The molecule has 3 nitrogen and oxygen atoms in total. The summed E-state index contributed by atoms with van der Waals surface area (Å²) in [5, 5.41) is 4.82. The van der Waals surface area contributed by atoms with Crippen LogP contribution in [0.2, 0.25) is 0 Å². The lowest BCUT2D eigenvalue weighted by Gasteiger charge is -2.05. The van der Waals surface area contributed by atoms with Crippen molar-refractivity contribution in [3.63, 3.8) is 0 Å². The maximum atomic E-state index is 11.2. The van der Waals surface area contributed by atoms with Crippen molar-refractivity contribution in [2.24, 2.45) is 5.73 Å². The molecule has 0 saturated carbocycles. The first-order valence-electron chi connectivity index (χ1n) is 4.33. The Kier molecular flexibility index (Phi) is 7.17. The second-order valence-corrected chi connectivity index (χ2v) is 5.51. The topological polar surface area (TPSA) is 55.1 Å². The summed E-state index contributed by atoms with van der Waals surface area (Å²) in [4.78, 5) is 11.2. The van der Waals surface area contributed by atoms with Gasteiger partial charge in [0.15, 0.2) is 0 Å². The molecule has 1 aromatic heterocycles. The van der Waals surface area contributed by atoms with Crippen molar-refractivity contribution >= 4 is 45.6 Å². The maximum Gasteiger partial charge on any atom is 0.221 e. The van der Waals surface area contributed by atoms with Crippen molar-refractivity contribution in [1.29, 1.82) is 0 Å². The van der Waals surface area contributed by atoms with E-state index in [-0.39, 0.29) is 24.4 Å². The Morgan fingerprint density at radius 2 is 2.40 bits per heavy atom. The van der Waals surface area contributed by atoms with Gasteiger partial charge in [0.25, 0.3) is 0 Å². The average molecular weight is 314 g/mol. The van der Waals surface area contributed by atoms with Gasteiger partial charge >= 0.3 is 0 Å². The zero-order valence-electron chi connectivity index (χ0n) is 8.33. The van der Waals surface area contributed by atoms with Gasteiger partial charge in [-0.2, -0.15) is 0 Å². The predicted octanol–water partition coefficient (Wildman–Crippen LogP) is 2.29. The Morgan fingerprint density at radius 3 is 2.87 bits per heavy atom. The van der Waals surface area contributed by atoms with Crippen molar-refractivity contribution in [2.75, 3.05) is 0 Å². The summed E-state index contributed by atoms with van der Waals surface area (Å²) in [7, 11) is 0. The van der Waals surface area contributed by atoms with E-state index >= 15 is 0 Å². The number of hydrogen-bond donors (Lipinski definition) is 2. The molecule has 0 radical (unpaired) electrons. The largest absolute Gasteiger partial charge is 0.352 e. The van der Waals surface area contributed by atoms with Gasteiger partial charge in [0.1, 0.15) is 0 Å². The predicted molar refractivity (Wildman–Crippen MR) is 69.4 cm³/mol. The van der Waals surface area contributed by atoms with Crippen molar-refractivity contribution < 1.29 is 4.79 Å². The highest BCUT2D eigenvalue weighted by molar-refractivity contribution is 9.11. The van der Waals surface area contributed by atoms with Crippen LogP contribution >= 0.6 is 39.7 Å². The van der Waals surface area contributed by atoms with E-state index in [1.165, 1.54) is 0 Å². The normalized spacial score (nSPS) is 11.7. The van der Waals surface area contributed by atoms with Gasteiger partial charge in [-0.25, -0.2) is 0 Å². The SMILES string of the molecule is CC(N)CC(=O)NCc1csc(Br)c1.Cl. The molecule has 1 aromatic rings. The van der Waals surface area contributed by atoms with E-state index in [2.05, 4.69) is 21.2 Å². The molecule has 1 unspecified atom stereocenters. The molecule has 1 heterocycles. The van der Waals surface area contributed by atoms with Crippen LogP contribution in [0.25, 0.3) is 0 Å². The third kappa shape index (κ3) is 6.14. The lowest BCUT2D eigenvalue weighted by Crippen LogP contribution is -2.29. The Hall–Kier alpha value is -0.100. The Morgan fingerprint density at radius 1 is 1.73 bits per heavy atom. The van der Waals surface area contributed by atoms with Gasteiger partial charge in [0.05, 0.1) is 3.79 Å². The monoisotopic (exact) mass is 312 g/mol. The standard InChI is InChI=1S/C9H13BrN2OS.ClH/c1-6(11)2-9(13)12-4-7-3-8(10)14-5-7;/h3,5-6H,2,4,11H2,1H3,(H,12,13);1H. The first-order chi connectivity index (χ1) is 6.58. The molecule has 0 bridgehead atoms. The summed E-state index contributed by atoms with van der Waals surface area (Å²) in [5.41, 5.74) is 6.61. The second-order valence-electron chi connectivity index (χ2n) is 3.22. The van der Waals surface area contributed by atoms with Gasteiger partial charge in [-0.1, -0.05) is 0 Å². The first kappa shape index (κ1) is 14.9. The highest BCUT2D eigenvalue weighted by atomic mass is 79.9. The molecule has 0 fully saturated rings. The minimum absolute atomic E-state index is 0. The minimum Gasteiger partial charge on any atom is -0.352 e. The number of amides is 1. The van der Waals surface area contributed by atoms with Crippen LogP contribution in [0, 0.1) is 0 Å². The molecule has 0 aliphatic carbocycles. The number of thiophene rings is 1. The minimum atomic E-state index is -0.0794. The molecule has 1 amide bonds. The van der Waals surface area contributed by atoms with E-state index in [9.17, 15) is 4.79 Å². The summed E-state index contributed by atoms with van der Waals surface area (Å²) in [5.74, 6) is 0.00215. The number of rotatable bonds is 4. The average Bonchev–Trinajstić information content (AvgIpc) is 2.47. The molecule has 86 valence electrons. The number of nitrogens with two attached hydrogens (primary N) is 1. The van der Waals surface area contributed by atoms with Crippen molar-refractivity contribution in [3.05, 3.63) is 20.8 Å². The van der Waals surface area contributed by atoms with Crippen molar-refractivity contribution in [3.8, 4) is 0 Å². The molecule has 1 atom stereocenters. The van der Waals surface area contributed by atoms with Gasteiger partial charge in [-0.05, 0) is 39.9 Å². The third-order valence-electron chi connectivity index (χ3n) is 1.62. The molecule has 6 heteroatoms. The number of carbonyl (C=O) groups is 1. The summed E-state index contributed by atoms with van der Waals surface area (Å²) in [6, 6.07) is 1.92. The van der Waals surface area contributed by atoms with E-state index < -0.39 is 0 Å². The molecule has 0 aliphatic heterocycles.